The molecule has 0 aromatic heterocycles. The SMILES string of the molecule is COc1ccc(CNC(=O)COc2ccc(S(=O)(=O)NCc3ccccc3)cc2Cl)cc1. The summed E-state index contributed by atoms with van der Waals surface area (Å²) in [6.45, 7) is 0.242. The molecule has 3 aromatic rings. The summed E-state index contributed by atoms with van der Waals surface area (Å²) in [6.07, 6.45) is 0. The third-order valence-corrected chi connectivity index (χ3v) is 6.22. The second kappa shape index (κ2) is 11.0. The normalized spacial score (nSPS) is 11.1. The number of carbonyl (C=O) groups excluding carboxylic acids is 1. The first-order valence-corrected chi connectivity index (χ1v) is 11.6. The van der Waals surface area contributed by atoms with E-state index in [2.05, 4.69) is 10.0 Å². The van der Waals surface area contributed by atoms with Gasteiger partial charge in [-0.25, -0.2) is 13.1 Å². The second-order valence-corrected chi connectivity index (χ2v) is 8.99. The zero-order valence-corrected chi connectivity index (χ0v) is 18.9. The molecule has 0 aliphatic rings. The minimum absolute atomic E-state index is 0.00902. The number of rotatable bonds is 10. The molecular weight excluding hydrogens is 452 g/mol. The molecule has 0 aliphatic carbocycles. The Bertz CT molecular complexity index is 1150. The first-order valence-electron chi connectivity index (χ1n) is 9.73. The number of nitrogens with one attached hydrogen (secondary N) is 2. The summed E-state index contributed by atoms with van der Waals surface area (Å²) < 4.78 is 38.1. The van der Waals surface area contributed by atoms with Crippen molar-refractivity contribution in [3.63, 3.8) is 0 Å². The predicted octanol–water partition coefficient (Wildman–Crippen LogP) is 3.52. The molecule has 0 saturated heterocycles. The number of halogens is 1. The van der Waals surface area contributed by atoms with Crippen LogP contribution in [0.3, 0.4) is 0 Å². The summed E-state index contributed by atoms with van der Waals surface area (Å²) in [4.78, 5) is 12.1. The van der Waals surface area contributed by atoms with E-state index in [-0.39, 0.29) is 34.7 Å². The Labute approximate surface area is 192 Å². The Kier molecular flexibility index (Phi) is 8.10. The van der Waals surface area contributed by atoms with Crippen molar-refractivity contribution >= 4 is 27.5 Å². The van der Waals surface area contributed by atoms with Crippen molar-refractivity contribution in [2.24, 2.45) is 0 Å². The molecule has 0 saturated carbocycles. The summed E-state index contributed by atoms with van der Waals surface area (Å²) in [5, 5.41) is 2.83. The van der Waals surface area contributed by atoms with Crippen LogP contribution in [-0.4, -0.2) is 28.0 Å². The maximum absolute atomic E-state index is 12.5. The van der Waals surface area contributed by atoms with Gasteiger partial charge in [0.2, 0.25) is 10.0 Å². The van der Waals surface area contributed by atoms with Crippen LogP contribution in [0.1, 0.15) is 11.1 Å². The zero-order chi connectivity index (χ0) is 23.0. The zero-order valence-electron chi connectivity index (χ0n) is 17.4. The van der Waals surface area contributed by atoms with Crippen LogP contribution in [0, 0.1) is 0 Å². The lowest BCUT2D eigenvalue weighted by Crippen LogP contribution is -2.28. The van der Waals surface area contributed by atoms with E-state index < -0.39 is 10.0 Å². The second-order valence-electron chi connectivity index (χ2n) is 6.82. The van der Waals surface area contributed by atoms with Gasteiger partial charge < -0.3 is 14.8 Å². The lowest BCUT2D eigenvalue weighted by atomic mass is 10.2. The van der Waals surface area contributed by atoms with Gasteiger partial charge in [0.05, 0.1) is 17.0 Å². The highest BCUT2D eigenvalue weighted by molar-refractivity contribution is 7.89. The maximum atomic E-state index is 12.5. The topological polar surface area (TPSA) is 93.7 Å². The Morgan fingerprint density at radius 1 is 0.938 bits per heavy atom. The van der Waals surface area contributed by atoms with Gasteiger partial charge in [0.15, 0.2) is 6.61 Å². The van der Waals surface area contributed by atoms with Crippen molar-refractivity contribution in [1.29, 1.82) is 0 Å². The molecule has 0 aliphatic heterocycles. The summed E-state index contributed by atoms with van der Waals surface area (Å²) in [7, 11) is -2.17. The molecule has 0 atom stereocenters. The largest absolute Gasteiger partial charge is 0.497 e. The Hall–Kier alpha value is -3.07. The minimum atomic E-state index is -3.75. The maximum Gasteiger partial charge on any atom is 0.258 e. The molecule has 0 unspecified atom stereocenters. The third-order valence-electron chi connectivity index (χ3n) is 4.53. The molecule has 0 spiro atoms. The van der Waals surface area contributed by atoms with Crippen LogP contribution in [0.2, 0.25) is 5.02 Å². The van der Waals surface area contributed by atoms with Crippen molar-refractivity contribution in [1.82, 2.24) is 10.0 Å². The van der Waals surface area contributed by atoms with Crippen molar-refractivity contribution < 1.29 is 22.7 Å². The van der Waals surface area contributed by atoms with Crippen LogP contribution in [0.5, 0.6) is 11.5 Å². The van der Waals surface area contributed by atoms with Crippen LogP contribution in [-0.2, 0) is 27.9 Å². The number of carbonyl (C=O) groups is 1. The van der Waals surface area contributed by atoms with Gasteiger partial charge in [0.25, 0.3) is 5.91 Å². The summed E-state index contributed by atoms with van der Waals surface area (Å²) in [5.74, 6) is 0.616. The number of benzene rings is 3. The molecule has 3 rings (SSSR count). The summed E-state index contributed by atoms with van der Waals surface area (Å²) in [5.41, 5.74) is 1.75. The molecule has 7 nitrogen and oxygen atoms in total. The van der Waals surface area contributed by atoms with Gasteiger partial charge in [-0.05, 0) is 41.5 Å². The fourth-order valence-corrected chi connectivity index (χ4v) is 4.11. The molecule has 0 bridgehead atoms. The molecule has 32 heavy (non-hydrogen) atoms. The predicted molar refractivity (Wildman–Crippen MR) is 122 cm³/mol. The monoisotopic (exact) mass is 474 g/mol. The number of hydrogen-bond donors (Lipinski definition) is 2. The van der Waals surface area contributed by atoms with Crippen LogP contribution < -0.4 is 19.5 Å². The first-order chi connectivity index (χ1) is 15.4. The lowest BCUT2D eigenvalue weighted by Gasteiger charge is -2.11. The van der Waals surface area contributed by atoms with Gasteiger partial charge in [-0.1, -0.05) is 54.1 Å². The molecule has 0 radical (unpaired) electrons. The van der Waals surface area contributed by atoms with E-state index in [0.29, 0.717) is 6.54 Å². The average Bonchev–Trinajstić information content (AvgIpc) is 2.81. The quantitative estimate of drug-likeness (QED) is 0.469. The summed E-state index contributed by atoms with van der Waals surface area (Å²) >= 11 is 6.18. The number of sulfonamides is 1. The van der Waals surface area contributed by atoms with Gasteiger partial charge in [-0.2, -0.15) is 0 Å². The first kappa shape index (κ1) is 23.6. The van der Waals surface area contributed by atoms with Crippen LogP contribution in [0.25, 0.3) is 0 Å². The van der Waals surface area contributed by atoms with Crippen LogP contribution in [0.15, 0.2) is 77.7 Å². The molecule has 168 valence electrons. The van der Waals surface area contributed by atoms with E-state index in [0.717, 1.165) is 16.9 Å². The molecule has 1 amide bonds. The van der Waals surface area contributed by atoms with Crippen LogP contribution in [0.4, 0.5) is 0 Å². The molecule has 2 N–H and O–H groups in total. The molecule has 3 aromatic carbocycles. The smallest absolute Gasteiger partial charge is 0.258 e. The van der Waals surface area contributed by atoms with Crippen LogP contribution >= 0.6 is 11.6 Å². The van der Waals surface area contributed by atoms with E-state index in [1.165, 1.54) is 18.2 Å². The number of hydrogen-bond acceptors (Lipinski definition) is 5. The molecular formula is C23H23ClN2O5S. The van der Waals surface area contributed by atoms with Crippen molar-refractivity contribution in [3.8, 4) is 11.5 Å². The van der Waals surface area contributed by atoms with Crippen molar-refractivity contribution in [2.75, 3.05) is 13.7 Å². The lowest BCUT2D eigenvalue weighted by molar-refractivity contribution is -0.123. The highest BCUT2D eigenvalue weighted by atomic mass is 35.5. The minimum Gasteiger partial charge on any atom is -0.497 e. The fraction of sp³-hybridized carbons (Fsp3) is 0.174. The number of methoxy groups -OCH3 is 1. The Morgan fingerprint density at radius 3 is 2.28 bits per heavy atom. The van der Waals surface area contributed by atoms with E-state index in [1.807, 2.05) is 54.6 Å². The molecule has 0 fully saturated rings. The van der Waals surface area contributed by atoms with E-state index >= 15 is 0 Å². The fourth-order valence-electron chi connectivity index (χ4n) is 2.76. The number of ether oxygens (including phenoxy) is 2. The van der Waals surface area contributed by atoms with E-state index in [4.69, 9.17) is 21.1 Å². The van der Waals surface area contributed by atoms with Crippen molar-refractivity contribution in [2.45, 2.75) is 18.0 Å². The third kappa shape index (κ3) is 6.71. The Morgan fingerprint density at radius 2 is 1.62 bits per heavy atom. The van der Waals surface area contributed by atoms with E-state index in [9.17, 15) is 13.2 Å². The number of amides is 1. The van der Waals surface area contributed by atoms with Gasteiger partial charge in [-0.15, -0.1) is 0 Å². The summed E-state index contributed by atoms with van der Waals surface area (Å²) in [6, 6.07) is 20.6. The van der Waals surface area contributed by atoms with Gasteiger partial charge >= 0.3 is 0 Å². The average molecular weight is 475 g/mol. The van der Waals surface area contributed by atoms with E-state index in [1.54, 1.807) is 7.11 Å². The van der Waals surface area contributed by atoms with Crippen molar-refractivity contribution in [3.05, 3.63) is 88.9 Å². The standard InChI is InChI=1S/C23H23ClN2O5S/c1-30-19-9-7-18(8-10-19)14-25-23(27)16-31-22-12-11-20(13-21(22)24)32(28,29)26-15-17-5-3-2-4-6-17/h2-13,26H,14-16H2,1H3,(H,25,27). The van der Waals surface area contributed by atoms with Gasteiger partial charge in [-0.3, -0.25) is 4.79 Å². The van der Waals surface area contributed by atoms with Gasteiger partial charge in [0.1, 0.15) is 11.5 Å². The Balaban J connectivity index is 1.52. The highest BCUT2D eigenvalue weighted by Gasteiger charge is 2.16. The highest BCUT2D eigenvalue weighted by Crippen LogP contribution is 2.27. The molecule has 9 heteroatoms. The van der Waals surface area contributed by atoms with Gasteiger partial charge in [0, 0.05) is 13.1 Å². The molecule has 0 heterocycles.